The quantitative estimate of drug-likeness (QED) is 0.883. The minimum atomic E-state index is -0.863. The molecule has 0 heterocycles. The zero-order valence-corrected chi connectivity index (χ0v) is 9.66. The molecule has 0 aromatic heterocycles. The maximum Gasteiger partial charge on any atom is 0.162 e. The molecule has 0 saturated heterocycles. The van der Waals surface area contributed by atoms with Gasteiger partial charge in [0.1, 0.15) is 5.75 Å². The summed E-state index contributed by atoms with van der Waals surface area (Å²) in [4.78, 5) is 0. The first-order valence-corrected chi connectivity index (χ1v) is 6.01. The molecule has 2 rings (SSSR count). The summed E-state index contributed by atoms with van der Waals surface area (Å²) in [6.45, 7) is 0.720. The Morgan fingerprint density at radius 1 is 1.12 bits per heavy atom. The molecule has 0 radical (unpaired) electrons. The van der Waals surface area contributed by atoms with E-state index in [9.17, 15) is 8.78 Å². The van der Waals surface area contributed by atoms with Gasteiger partial charge in [-0.1, -0.05) is 0 Å². The normalized spacial score (nSPS) is 24.6. The molecular weight excluding hydrogens is 224 g/mol. The number of hydrogen-bond donors (Lipinski definition) is 1. The summed E-state index contributed by atoms with van der Waals surface area (Å²) in [7, 11) is 0. The third-order valence-electron chi connectivity index (χ3n) is 3.32. The van der Waals surface area contributed by atoms with Gasteiger partial charge in [-0.3, -0.25) is 0 Å². The molecule has 0 unspecified atom stereocenters. The van der Waals surface area contributed by atoms with Crippen LogP contribution in [-0.2, 0) is 0 Å². The topological polar surface area (TPSA) is 35.2 Å². The molecule has 2 N–H and O–H groups in total. The van der Waals surface area contributed by atoms with Crippen LogP contribution in [0.2, 0.25) is 0 Å². The largest absolute Gasteiger partial charge is 0.490 e. The lowest BCUT2D eigenvalue weighted by Crippen LogP contribution is -2.27. The van der Waals surface area contributed by atoms with Gasteiger partial charge < -0.3 is 10.5 Å². The number of benzene rings is 1. The summed E-state index contributed by atoms with van der Waals surface area (Å²) in [5.74, 6) is -0.720. The van der Waals surface area contributed by atoms with Crippen LogP contribution in [0.5, 0.6) is 5.75 Å². The predicted molar refractivity (Wildman–Crippen MR) is 61.8 cm³/mol. The van der Waals surface area contributed by atoms with Crippen LogP contribution in [0.4, 0.5) is 8.78 Å². The molecule has 0 bridgehead atoms. The SMILES string of the molecule is NCC1CCC(Oc2ccc(F)c(F)c2)CC1. The van der Waals surface area contributed by atoms with E-state index in [-0.39, 0.29) is 6.10 Å². The second-order valence-electron chi connectivity index (χ2n) is 4.57. The monoisotopic (exact) mass is 241 g/mol. The van der Waals surface area contributed by atoms with Crippen molar-refractivity contribution in [2.45, 2.75) is 31.8 Å². The molecular formula is C13H17F2NO. The van der Waals surface area contributed by atoms with Gasteiger partial charge >= 0.3 is 0 Å². The Kier molecular flexibility index (Phi) is 3.94. The molecule has 0 aliphatic heterocycles. The maximum absolute atomic E-state index is 13.0. The molecule has 1 aliphatic carbocycles. The van der Waals surface area contributed by atoms with E-state index in [4.69, 9.17) is 10.5 Å². The lowest BCUT2D eigenvalue weighted by atomic mass is 9.87. The minimum absolute atomic E-state index is 0.0997. The Morgan fingerprint density at radius 3 is 2.41 bits per heavy atom. The third kappa shape index (κ3) is 3.16. The van der Waals surface area contributed by atoms with Crippen LogP contribution in [0, 0.1) is 17.6 Å². The summed E-state index contributed by atoms with van der Waals surface area (Å²) >= 11 is 0. The fourth-order valence-corrected chi connectivity index (χ4v) is 2.23. The van der Waals surface area contributed by atoms with E-state index >= 15 is 0 Å². The summed E-state index contributed by atoms with van der Waals surface area (Å²) in [5.41, 5.74) is 5.61. The first-order valence-electron chi connectivity index (χ1n) is 6.01. The van der Waals surface area contributed by atoms with Crippen molar-refractivity contribution in [1.29, 1.82) is 0 Å². The highest BCUT2D eigenvalue weighted by molar-refractivity contribution is 5.23. The van der Waals surface area contributed by atoms with E-state index in [0.29, 0.717) is 11.7 Å². The van der Waals surface area contributed by atoms with Gasteiger partial charge in [-0.25, -0.2) is 8.78 Å². The van der Waals surface area contributed by atoms with Crippen LogP contribution in [0.1, 0.15) is 25.7 Å². The first-order chi connectivity index (χ1) is 8.19. The van der Waals surface area contributed by atoms with Gasteiger partial charge in [0.2, 0.25) is 0 Å². The van der Waals surface area contributed by atoms with E-state index in [1.807, 2.05) is 0 Å². The fraction of sp³-hybridized carbons (Fsp3) is 0.538. The second-order valence-corrected chi connectivity index (χ2v) is 4.57. The van der Waals surface area contributed by atoms with Crippen LogP contribution in [-0.4, -0.2) is 12.6 Å². The van der Waals surface area contributed by atoms with Gasteiger partial charge in [0.15, 0.2) is 11.6 Å². The van der Waals surface area contributed by atoms with Crippen molar-refractivity contribution in [2.24, 2.45) is 11.7 Å². The molecule has 4 heteroatoms. The molecule has 1 saturated carbocycles. The van der Waals surface area contributed by atoms with Gasteiger partial charge in [-0.05, 0) is 50.3 Å². The molecule has 0 amide bonds. The third-order valence-corrected chi connectivity index (χ3v) is 3.32. The standard InChI is InChI=1S/C13H17F2NO/c14-12-6-5-11(7-13(12)15)17-10-3-1-9(8-16)2-4-10/h5-7,9-10H,1-4,8,16H2. The van der Waals surface area contributed by atoms with E-state index in [2.05, 4.69) is 0 Å². The Balaban J connectivity index is 1.91. The van der Waals surface area contributed by atoms with Crippen molar-refractivity contribution < 1.29 is 13.5 Å². The molecule has 1 fully saturated rings. The number of nitrogens with two attached hydrogens (primary N) is 1. The molecule has 0 spiro atoms. The average Bonchev–Trinajstić information content (AvgIpc) is 2.35. The van der Waals surface area contributed by atoms with Gasteiger partial charge in [-0.2, -0.15) is 0 Å². The van der Waals surface area contributed by atoms with Crippen LogP contribution < -0.4 is 10.5 Å². The summed E-state index contributed by atoms with van der Waals surface area (Å²) in [6, 6.07) is 3.66. The van der Waals surface area contributed by atoms with Crippen molar-refractivity contribution in [3.05, 3.63) is 29.8 Å². The van der Waals surface area contributed by atoms with Crippen LogP contribution in [0.3, 0.4) is 0 Å². The highest BCUT2D eigenvalue weighted by Gasteiger charge is 2.21. The summed E-state index contributed by atoms with van der Waals surface area (Å²) < 4.78 is 31.3. The van der Waals surface area contributed by atoms with E-state index in [1.54, 1.807) is 0 Å². The Hall–Kier alpha value is -1.16. The molecule has 1 aromatic carbocycles. The first kappa shape index (κ1) is 12.3. The fourth-order valence-electron chi connectivity index (χ4n) is 2.23. The van der Waals surface area contributed by atoms with Crippen molar-refractivity contribution in [3.63, 3.8) is 0 Å². The zero-order valence-electron chi connectivity index (χ0n) is 9.66. The smallest absolute Gasteiger partial charge is 0.162 e. The number of halogens is 2. The maximum atomic E-state index is 13.0. The van der Waals surface area contributed by atoms with Crippen LogP contribution >= 0.6 is 0 Å². The van der Waals surface area contributed by atoms with Gasteiger partial charge in [-0.15, -0.1) is 0 Å². The highest BCUT2D eigenvalue weighted by atomic mass is 19.2. The van der Waals surface area contributed by atoms with Crippen molar-refractivity contribution >= 4 is 0 Å². The number of rotatable bonds is 3. The van der Waals surface area contributed by atoms with Gasteiger partial charge in [0.25, 0.3) is 0 Å². The van der Waals surface area contributed by atoms with E-state index < -0.39 is 11.6 Å². The van der Waals surface area contributed by atoms with E-state index in [0.717, 1.165) is 44.4 Å². The predicted octanol–water partition coefficient (Wildman–Crippen LogP) is 2.86. The van der Waals surface area contributed by atoms with Gasteiger partial charge in [0, 0.05) is 6.07 Å². The van der Waals surface area contributed by atoms with E-state index in [1.165, 1.54) is 6.07 Å². The minimum Gasteiger partial charge on any atom is -0.490 e. The van der Waals surface area contributed by atoms with Crippen molar-refractivity contribution in [3.8, 4) is 5.75 Å². The molecule has 1 aromatic rings. The number of hydrogen-bond acceptors (Lipinski definition) is 2. The van der Waals surface area contributed by atoms with Crippen molar-refractivity contribution in [1.82, 2.24) is 0 Å². The molecule has 94 valence electrons. The average molecular weight is 241 g/mol. The van der Waals surface area contributed by atoms with Crippen LogP contribution in [0.15, 0.2) is 18.2 Å². The highest BCUT2D eigenvalue weighted by Crippen LogP contribution is 2.27. The summed E-state index contributed by atoms with van der Waals surface area (Å²) in [5, 5.41) is 0. The lowest BCUT2D eigenvalue weighted by molar-refractivity contribution is 0.132. The Labute approximate surface area is 99.8 Å². The summed E-state index contributed by atoms with van der Waals surface area (Å²) in [6.07, 6.45) is 4.06. The Morgan fingerprint density at radius 2 is 1.82 bits per heavy atom. The van der Waals surface area contributed by atoms with Crippen LogP contribution in [0.25, 0.3) is 0 Å². The molecule has 0 atom stereocenters. The molecule has 17 heavy (non-hydrogen) atoms. The van der Waals surface area contributed by atoms with Crippen molar-refractivity contribution in [2.75, 3.05) is 6.54 Å². The lowest BCUT2D eigenvalue weighted by Gasteiger charge is -2.28. The Bertz CT molecular complexity index is 376. The number of ether oxygens (including phenoxy) is 1. The van der Waals surface area contributed by atoms with Gasteiger partial charge in [0.05, 0.1) is 6.10 Å². The molecule has 1 aliphatic rings. The second kappa shape index (κ2) is 5.45. The molecule has 2 nitrogen and oxygen atoms in total. The zero-order chi connectivity index (χ0) is 12.3.